The molecule has 1 heterocycles. The fourth-order valence-electron chi connectivity index (χ4n) is 3.25. The van der Waals surface area contributed by atoms with Gasteiger partial charge in [-0.05, 0) is 36.2 Å². The number of nitrogens with one attached hydrogen (secondary N) is 1. The number of carbonyl (C=O) groups is 2. The normalized spacial score (nSPS) is 10.8. The molecule has 0 spiro atoms. The third kappa shape index (κ3) is 7.21. The first kappa shape index (κ1) is 24.0. The van der Waals surface area contributed by atoms with Crippen LogP contribution >= 0.6 is 23.4 Å². The Labute approximate surface area is 197 Å². The van der Waals surface area contributed by atoms with Crippen LogP contribution in [-0.4, -0.2) is 32.3 Å². The number of halogens is 1. The number of hydrogen-bond donors (Lipinski definition) is 1. The zero-order chi connectivity index (χ0) is 22.8. The topological polar surface area (TPSA) is 76.9 Å². The molecule has 0 saturated carbocycles. The third-order valence-corrected chi connectivity index (χ3v) is 6.09. The summed E-state index contributed by atoms with van der Waals surface area (Å²) in [6.07, 6.45) is 4.62. The van der Waals surface area contributed by atoms with E-state index in [2.05, 4.69) is 22.4 Å². The lowest BCUT2D eigenvalue weighted by atomic mass is 10.1. The van der Waals surface area contributed by atoms with E-state index in [0.717, 1.165) is 42.8 Å². The van der Waals surface area contributed by atoms with Crippen molar-refractivity contribution < 1.29 is 9.59 Å². The van der Waals surface area contributed by atoms with Crippen LogP contribution in [-0.2, 0) is 22.6 Å². The molecular formula is C24H27ClN4O2S. The Morgan fingerprint density at radius 1 is 0.969 bits per heavy atom. The highest BCUT2D eigenvalue weighted by molar-refractivity contribution is 7.99. The number of nitrogens with zero attached hydrogens (tertiary/aromatic N) is 3. The van der Waals surface area contributed by atoms with Gasteiger partial charge in [0, 0.05) is 17.1 Å². The fraction of sp³-hybridized carbons (Fsp3) is 0.333. The van der Waals surface area contributed by atoms with Crippen LogP contribution in [0, 0.1) is 0 Å². The lowest BCUT2D eigenvalue weighted by Gasteiger charge is -2.10. The Balaban J connectivity index is 1.63. The maximum Gasteiger partial charge on any atom is 0.237 e. The van der Waals surface area contributed by atoms with E-state index in [0.29, 0.717) is 10.2 Å². The molecule has 6 nitrogen and oxygen atoms in total. The molecule has 3 rings (SSSR count). The highest BCUT2D eigenvalue weighted by atomic mass is 35.5. The monoisotopic (exact) mass is 470 g/mol. The van der Waals surface area contributed by atoms with E-state index in [9.17, 15) is 9.59 Å². The van der Waals surface area contributed by atoms with Gasteiger partial charge >= 0.3 is 0 Å². The molecule has 0 radical (unpaired) electrons. The standard InChI is InChI=1S/C24H27ClN4O2S/c1-2-3-4-8-15-29-23(19-11-13-20(25)14-12-19)27-28-24(29)32-17-22(31)26-21(30)16-18-9-6-5-7-10-18/h5-7,9-14H,2-4,8,15-17H2,1H3,(H,26,30,31). The fourth-order valence-corrected chi connectivity index (χ4v) is 4.14. The van der Waals surface area contributed by atoms with Gasteiger partial charge in [0.15, 0.2) is 11.0 Å². The molecule has 0 saturated heterocycles. The molecule has 32 heavy (non-hydrogen) atoms. The number of carbonyl (C=O) groups excluding carboxylic acids is 2. The summed E-state index contributed by atoms with van der Waals surface area (Å²) in [6.45, 7) is 2.94. The predicted octanol–water partition coefficient (Wildman–Crippen LogP) is 5.16. The first-order valence-electron chi connectivity index (χ1n) is 10.8. The van der Waals surface area contributed by atoms with Gasteiger partial charge in [-0.3, -0.25) is 14.9 Å². The van der Waals surface area contributed by atoms with Crippen molar-refractivity contribution >= 4 is 35.2 Å². The molecule has 2 aromatic carbocycles. The van der Waals surface area contributed by atoms with Crippen molar-refractivity contribution in [3.8, 4) is 11.4 Å². The highest BCUT2D eigenvalue weighted by Gasteiger charge is 2.16. The van der Waals surface area contributed by atoms with E-state index in [4.69, 9.17) is 11.6 Å². The van der Waals surface area contributed by atoms with Gasteiger partial charge in [0.05, 0.1) is 12.2 Å². The average Bonchev–Trinajstić information content (AvgIpc) is 3.19. The summed E-state index contributed by atoms with van der Waals surface area (Å²) in [7, 11) is 0. The highest BCUT2D eigenvalue weighted by Crippen LogP contribution is 2.26. The molecule has 0 aliphatic heterocycles. The number of aromatic nitrogens is 3. The molecule has 0 atom stereocenters. The van der Waals surface area contributed by atoms with Gasteiger partial charge in [0.1, 0.15) is 0 Å². The molecule has 0 fully saturated rings. The summed E-state index contributed by atoms with van der Waals surface area (Å²) < 4.78 is 2.04. The average molecular weight is 471 g/mol. The minimum Gasteiger partial charge on any atom is -0.302 e. The van der Waals surface area contributed by atoms with Crippen LogP contribution in [0.5, 0.6) is 0 Å². The summed E-state index contributed by atoms with van der Waals surface area (Å²) in [5.74, 6) is 0.184. The van der Waals surface area contributed by atoms with Crippen LogP contribution < -0.4 is 5.32 Å². The summed E-state index contributed by atoms with van der Waals surface area (Å²) in [4.78, 5) is 24.5. The Kier molecular flexibility index (Phi) is 9.31. The lowest BCUT2D eigenvalue weighted by molar-refractivity contribution is -0.128. The minimum atomic E-state index is -0.343. The van der Waals surface area contributed by atoms with Crippen molar-refractivity contribution in [2.45, 2.75) is 50.7 Å². The first-order chi connectivity index (χ1) is 15.6. The third-order valence-electron chi connectivity index (χ3n) is 4.87. The van der Waals surface area contributed by atoms with Crippen molar-refractivity contribution in [2.75, 3.05) is 5.75 Å². The molecule has 0 aliphatic carbocycles. The number of hydrogen-bond acceptors (Lipinski definition) is 5. The zero-order valence-electron chi connectivity index (χ0n) is 18.1. The number of amides is 2. The van der Waals surface area contributed by atoms with Crippen LogP contribution in [0.2, 0.25) is 5.02 Å². The van der Waals surface area contributed by atoms with Crippen molar-refractivity contribution in [1.82, 2.24) is 20.1 Å². The molecule has 0 bridgehead atoms. The van der Waals surface area contributed by atoms with Gasteiger partial charge in [-0.25, -0.2) is 0 Å². The summed E-state index contributed by atoms with van der Waals surface area (Å²) in [6, 6.07) is 16.8. The van der Waals surface area contributed by atoms with E-state index in [1.807, 2.05) is 59.2 Å². The van der Waals surface area contributed by atoms with Crippen molar-refractivity contribution in [1.29, 1.82) is 0 Å². The van der Waals surface area contributed by atoms with Gasteiger partial charge in [-0.15, -0.1) is 10.2 Å². The summed E-state index contributed by atoms with van der Waals surface area (Å²) >= 11 is 7.31. The maximum absolute atomic E-state index is 12.3. The van der Waals surface area contributed by atoms with Gasteiger partial charge in [-0.1, -0.05) is 79.9 Å². The second-order valence-electron chi connectivity index (χ2n) is 7.45. The van der Waals surface area contributed by atoms with E-state index in [1.54, 1.807) is 0 Å². The Morgan fingerprint density at radius 3 is 2.44 bits per heavy atom. The van der Waals surface area contributed by atoms with Crippen LogP contribution in [0.3, 0.4) is 0 Å². The SMILES string of the molecule is CCCCCCn1c(SCC(=O)NC(=O)Cc2ccccc2)nnc1-c1ccc(Cl)cc1. The minimum absolute atomic E-state index is 0.0915. The predicted molar refractivity (Wildman–Crippen MR) is 129 cm³/mol. The van der Waals surface area contributed by atoms with E-state index >= 15 is 0 Å². The number of benzene rings is 2. The zero-order valence-corrected chi connectivity index (χ0v) is 19.7. The van der Waals surface area contributed by atoms with Crippen molar-refractivity contribution in [3.63, 3.8) is 0 Å². The van der Waals surface area contributed by atoms with Crippen LogP contribution in [0.1, 0.15) is 38.2 Å². The molecule has 0 aliphatic rings. The Hall–Kier alpha value is -2.64. The van der Waals surface area contributed by atoms with Gasteiger partial charge in [0.25, 0.3) is 0 Å². The van der Waals surface area contributed by atoms with Crippen molar-refractivity contribution in [3.05, 3.63) is 65.2 Å². The van der Waals surface area contributed by atoms with E-state index < -0.39 is 0 Å². The maximum atomic E-state index is 12.3. The number of thioether (sulfide) groups is 1. The van der Waals surface area contributed by atoms with Gasteiger partial charge < -0.3 is 4.57 Å². The van der Waals surface area contributed by atoms with Crippen LogP contribution in [0.4, 0.5) is 0 Å². The van der Waals surface area contributed by atoms with Crippen molar-refractivity contribution in [2.24, 2.45) is 0 Å². The molecule has 168 valence electrons. The van der Waals surface area contributed by atoms with Gasteiger partial charge in [-0.2, -0.15) is 0 Å². The van der Waals surface area contributed by atoms with Crippen LogP contribution in [0.15, 0.2) is 59.8 Å². The smallest absolute Gasteiger partial charge is 0.237 e. The Bertz CT molecular complexity index is 1020. The first-order valence-corrected chi connectivity index (χ1v) is 12.1. The largest absolute Gasteiger partial charge is 0.302 e. The molecule has 3 aromatic rings. The van der Waals surface area contributed by atoms with Gasteiger partial charge in [0.2, 0.25) is 11.8 Å². The molecule has 8 heteroatoms. The van der Waals surface area contributed by atoms with Crippen LogP contribution in [0.25, 0.3) is 11.4 Å². The van der Waals surface area contributed by atoms with E-state index in [1.165, 1.54) is 18.2 Å². The lowest BCUT2D eigenvalue weighted by Crippen LogP contribution is -2.33. The number of rotatable bonds is 11. The second-order valence-corrected chi connectivity index (χ2v) is 8.83. The number of unbranched alkanes of at least 4 members (excludes halogenated alkanes) is 3. The number of imide groups is 1. The summed E-state index contributed by atoms with van der Waals surface area (Å²) in [5, 5.41) is 12.4. The van der Waals surface area contributed by atoms with E-state index in [-0.39, 0.29) is 24.0 Å². The molecular weight excluding hydrogens is 444 g/mol. The molecule has 2 amide bonds. The molecule has 1 N–H and O–H groups in total. The second kappa shape index (κ2) is 12.4. The molecule has 1 aromatic heterocycles. The molecule has 0 unspecified atom stereocenters. The Morgan fingerprint density at radius 2 is 1.72 bits per heavy atom. The summed E-state index contributed by atoms with van der Waals surface area (Å²) in [5.41, 5.74) is 1.79. The quantitative estimate of drug-likeness (QED) is 0.309.